The Morgan fingerprint density at radius 3 is 2.29 bits per heavy atom. The van der Waals surface area contributed by atoms with E-state index in [4.69, 9.17) is 0 Å². The molecule has 0 unspecified atom stereocenters. The van der Waals surface area contributed by atoms with Crippen LogP contribution in [0, 0.1) is 0 Å². The van der Waals surface area contributed by atoms with Crippen LogP contribution in [-0.4, -0.2) is 38.1 Å². The zero-order valence-corrected chi connectivity index (χ0v) is 10.3. The smallest absolute Gasteiger partial charge is 0.0104 e. The molecular formula is C12H28N2. The Balaban J connectivity index is 3.07. The van der Waals surface area contributed by atoms with Gasteiger partial charge in [-0.1, -0.05) is 33.1 Å². The predicted molar refractivity (Wildman–Crippen MR) is 64.8 cm³/mol. The summed E-state index contributed by atoms with van der Waals surface area (Å²) in [5.41, 5.74) is 0. The molecule has 0 aromatic carbocycles. The maximum Gasteiger partial charge on any atom is 0.0104 e. The molecule has 0 heterocycles. The molecule has 0 saturated carbocycles. The van der Waals surface area contributed by atoms with Crippen LogP contribution in [0.15, 0.2) is 0 Å². The molecule has 0 amide bonds. The summed E-state index contributed by atoms with van der Waals surface area (Å²) >= 11 is 0. The Bertz CT molecular complexity index is 92.5. The van der Waals surface area contributed by atoms with Crippen LogP contribution in [0.1, 0.15) is 46.0 Å². The van der Waals surface area contributed by atoms with E-state index in [1.54, 1.807) is 0 Å². The number of likely N-dealkylation sites (N-methyl/N-ethyl adjacent to an activating group) is 1. The van der Waals surface area contributed by atoms with E-state index < -0.39 is 0 Å². The summed E-state index contributed by atoms with van der Waals surface area (Å²) in [6.07, 6.45) is 6.71. The summed E-state index contributed by atoms with van der Waals surface area (Å²) in [7, 11) is 2.22. The number of nitrogens with zero attached hydrogens (tertiary/aromatic N) is 1. The van der Waals surface area contributed by atoms with Gasteiger partial charge in [-0.15, -0.1) is 0 Å². The van der Waals surface area contributed by atoms with Gasteiger partial charge in [0.1, 0.15) is 0 Å². The minimum Gasteiger partial charge on any atom is -0.315 e. The van der Waals surface area contributed by atoms with E-state index in [1.807, 2.05) is 0 Å². The average Bonchev–Trinajstić information content (AvgIpc) is 2.19. The van der Waals surface area contributed by atoms with Crippen LogP contribution in [0.2, 0.25) is 0 Å². The third-order valence-electron chi connectivity index (χ3n) is 2.49. The summed E-state index contributed by atoms with van der Waals surface area (Å²) in [4.78, 5) is 2.43. The molecule has 1 N–H and O–H groups in total. The van der Waals surface area contributed by atoms with Crippen LogP contribution in [0.3, 0.4) is 0 Å². The molecule has 0 aliphatic heterocycles. The van der Waals surface area contributed by atoms with E-state index >= 15 is 0 Å². The molecule has 0 bridgehead atoms. The highest BCUT2D eigenvalue weighted by atomic mass is 15.1. The molecule has 0 saturated heterocycles. The van der Waals surface area contributed by atoms with Crippen LogP contribution in [0.25, 0.3) is 0 Å². The lowest BCUT2D eigenvalue weighted by atomic mass is 10.2. The summed E-state index contributed by atoms with van der Waals surface area (Å²) in [6.45, 7) is 9.21. The average molecular weight is 200 g/mol. The Hall–Kier alpha value is -0.0800. The van der Waals surface area contributed by atoms with E-state index in [-0.39, 0.29) is 0 Å². The molecule has 0 aromatic rings. The highest BCUT2D eigenvalue weighted by Gasteiger charge is 1.96. The zero-order valence-electron chi connectivity index (χ0n) is 10.3. The molecule has 0 aromatic heterocycles. The van der Waals surface area contributed by atoms with Crippen molar-refractivity contribution in [3.63, 3.8) is 0 Å². The van der Waals surface area contributed by atoms with Crippen molar-refractivity contribution < 1.29 is 0 Å². The molecule has 0 rings (SSSR count). The Morgan fingerprint density at radius 1 is 0.857 bits per heavy atom. The normalized spacial score (nSPS) is 11.1. The summed E-state index contributed by atoms with van der Waals surface area (Å²) < 4.78 is 0. The van der Waals surface area contributed by atoms with Gasteiger partial charge < -0.3 is 10.2 Å². The van der Waals surface area contributed by atoms with Gasteiger partial charge in [0, 0.05) is 13.1 Å². The fourth-order valence-corrected chi connectivity index (χ4v) is 1.49. The zero-order chi connectivity index (χ0) is 10.6. The molecule has 0 spiro atoms. The maximum atomic E-state index is 3.43. The maximum absolute atomic E-state index is 3.43. The molecule has 0 aliphatic carbocycles. The molecule has 0 radical (unpaired) electrons. The molecule has 0 fully saturated rings. The second-order valence-electron chi connectivity index (χ2n) is 4.11. The second kappa shape index (κ2) is 11.0. The lowest BCUT2D eigenvalue weighted by Gasteiger charge is -2.16. The topological polar surface area (TPSA) is 15.3 Å². The van der Waals surface area contributed by atoms with Gasteiger partial charge in [-0.05, 0) is 33.0 Å². The van der Waals surface area contributed by atoms with Gasteiger partial charge >= 0.3 is 0 Å². The van der Waals surface area contributed by atoms with Crippen LogP contribution in [0.5, 0.6) is 0 Å². The standard InChI is InChI=1S/C12H28N2/c1-4-6-7-8-11-14(3)12-10-13-9-5-2/h13H,4-12H2,1-3H3. The summed E-state index contributed by atoms with van der Waals surface area (Å²) in [5, 5.41) is 3.43. The van der Waals surface area contributed by atoms with Crippen LogP contribution in [0.4, 0.5) is 0 Å². The Kier molecular flexibility index (Phi) is 10.9. The van der Waals surface area contributed by atoms with Crippen molar-refractivity contribution in [3.8, 4) is 0 Å². The minimum absolute atomic E-state index is 1.14. The third-order valence-corrected chi connectivity index (χ3v) is 2.49. The number of hydrogen-bond donors (Lipinski definition) is 1. The molecule has 86 valence electrons. The Morgan fingerprint density at radius 2 is 1.64 bits per heavy atom. The first-order valence-electron chi connectivity index (χ1n) is 6.20. The van der Waals surface area contributed by atoms with Gasteiger partial charge in [0.2, 0.25) is 0 Å². The van der Waals surface area contributed by atoms with Crippen molar-refractivity contribution in [2.24, 2.45) is 0 Å². The molecule has 0 atom stereocenters. The van der Waals surface area contributed by atoms with E-state index in [0.717, 1.165) is 13.1 Å². The highest BCUT2D eigenvalue weighted by molar-refractivity contribution is 4.54. The van der Waals surface area contributed by atoms with Gasteiger partial charge in [0.15, 0.2) is 0 Å². The first-order valence-corrected chi connectivity index (χ1v) is 6.20. The SMILES string of the molecule is CCCCCCN(C)CCNCCC. The van der Waals surface area contributed by atoms with Crippen LogP contribution < -0.4 is 5.32 Å². The monoisotopic (exact) mass is 200 g/mol. The lowest BCUT2D eigenvalue weighted by molar-refractivity contribution is 0.322. The molecular weight excluding hydrogens is 172 g/mol. The van der Waals surface area contributed by atoms with Gasteiger partial charge in [0.05, 0.1) is 0 Å². The van der Waals surface area contributed by atoms with Gasteiger partial charge in [-0.3, -0.25) is 0 Å². The Labute approximate surface area is 90.1 Å². The van der Waals surface area contributed by atoms with Crippen molar-refractivity contribution in [3.05, 3.63) is 0 Å². The van der Waals surface area contributed by atoms with E-state index in [9.17, 15) is 0 Å². The fraction of sp³-hybridized carbons (Fsp3) is 1.00. The molecule has 14 heavy (non-hydrogen) atoms. The number of hydrogen-bond acceptors (Lipinski definition) is 2. The lowest BCUT2D eigenvalue weighted by Crippen LogP contribution is -2.30. The van der Waals surface area contributed by atoms with Gasteiger partial charge in [-0.25, -0.2) is 0 Å². The van der Waals surface area contributed by atoms with Crippen molar-refractivity contribution in [1.82, 2.24) is 10.2 Å². The summed E-state index contributed by atoms with van der Waals surface area (Å²) in [6, 6.07) is 0. The van der Waals surface area contributed by atoms with Crippen molar-refractivity contribution >= 4 is 0 Å². The third kappa shape index (κ3) is 10.0. The highest BCUT2D eigenvalue weighted by Crippen LogP contribution is 1.99. The predicted octanol–water partition coefficient (Wildman–Crippen LogP) is 2.50. The molecule has 0 aliphatic rings. The quantitative estimate of drug-likeness (QED) is 0.545. The first-order chi connectivity index (χ1) is 6.81. The first kappa shape index (κ1) is 13.9. The van der Waals surface area contributed by atoms with E-state index in [1.165, 1.54) is 45.2 Å². The molecule has 2 heteroatoms. The van der Waals surface area contributed by atoms with Crippen molar-refractivity contribution in [1.29, 1.82) is 0 Å². The van der Waals surface area contributed by atoms with Crippen molar-refractivity contribution in [2.75, 3.05) is 33.2 Å². The van der Waals surface area contributed by atoms with Crippen molar-refractivity contribution in [2.45, 2.75) is 46.0 Å². The van der Waals surface area contributed by atoms with E-state index in [2.05, 4.69) is 31.1 Å². The largest absolute Gasteiger partial charge is 0.315 e. The summed E-state index contributed by atoms with van der Waals surface area (Å²) in [5.74, 6) is 0. The number of unbranched alkanes of at least 4 members (excludes halogenated alkanes) is 3. The van der Waals surface area contributed by atoms with Gasteiger partial charge in [0.25, 0.3) is 0 Å². The van der Waals surface area contributed by atoms with Crippen LogP contribution >= 0.6 is 0 Å². The van der Waals surface area contributed by atoms with Crippen LogP contribution in [-0.2, 0) is 0 Å². The fourth-order valence-electron chi connectivity index (χ4n) is 1.49. The minimum atomic E-state index is 1.14. The second-order valence-corrected chi connectivity index (χ2v) is 4.11. The number of nitrogens with one attached hydrogen (secondary N) is 1. The molecule has 2 nitrogen and oxygen atoms in total. The van der Waals surface area contributed by atoms with E-state index in [0.29, 0.717) is 0 Å². The number of rotatable bonds is 10. The van der Waals surface area contributed by atoms with Gasteiger partial charge in [-0.2, -0.15) is 0 Å².